The van der Waals surface area contributed by atoms with Crippen molar-refractivity contribution in [1.29, 1.82) is 5.26 Å². The summed E-state index contributed by atoms with van der Waals surface area (Å²) in [5, 5.41) is 15.6. The molecule has 3 heterocycles. The fourth-order valence-corrected chi connectivity index (χ4v) is 3.65. The van der Waals surface area contributed by atoms with Crippen LogP contribution >= 0.6 is 0 Å². The Bertz CT molecular complexity index is 1330. The Kier molecular flexibility index (Phi) is 3.63. The monoisotopic (exact) mass is 363 g/mol. The molecule has 28 heavy (non-hydrogen) atoms. The average molecular weight is 363 g/mol. The van der Waals surface area contributed by atoms with Gasteiger partial charge in [-0.25, -0.2) is 0 Å². The number of aromatic amines is 2. The number of para-hydroxylation sites is 1. The molecule has 3 aromatic heterocycles. The maximum atomic E-state index is 9.87. The molecule has 0 unspecified atom stereocenters. The second kappa shape index (κ2) is 6.29. The van der Waals surface area contributed by atoms with Crippen LogP contribution in [-0.4, -0.2) is 15.0 Å². The topological polar surface area (TPSA) is 80.3 Å². The molecule has 0 aliphatic heterocycles. The van der Waals surface area contributed by atoms with E-state index < -0.39 is 0 Å². The summed E-state index contributed by atoms with van der Waals surface area (Å²) < 4.78 is 0. The Hall–Kier alpha value is -4.04. The molecule has 0 fully saturated rings. The average Bonchev–Trinajstić information content (AvgIpc) is 3.37. The Morgan fingerprint density at radius 3 is 2.75 bits per heavy atom. The number of pyridine rings is 1. The van der Waals surface area contributed by atoms with E-state index in [1.165, 1.54) is 0 Å². The second-order valence-corrected chi connectivity index (χ2v) is 6.77. The molecule has 3 N–H and O–H groups in total. The summed E-state index contributed by atoms with van der Waals surface area (Å²) in [6, 6.07) is 20.4. The fraction of sp³-hybridized carbons (Fsp3) is 0.0435. The lowest BCUT2D eigenvalue weighted by atomic mass is 10.1. The first-order valence-corrected chi connectivity index (χ1v) is 9.05. The Morgan fingerprint density at radius 1 is 1.00 bits per heavy atom. The molecule has 5 aromatic rings. The molecule has 0 spiro atoms. The van der Waals surface area contributed by atoms with Gasteiger partial charge in [0.05, 0.1) is 11.4 Å². The molecule has 0 saturated carbocycles. The number of rotatable bonds is 3. The summed E-state index contributed by atoms with van der Waals surface area (Å²) in [4.78, 5) is 11.1. The van der Waals surface area contributed by atoms with Crippen LogP contribution in [0, 0.1) is 18.3 Å². The van der Waals surface area contributed by atoms with Crippen LogP contribution in [0.1, 0.15) is 11.1 Å². The molecular weight excluding hydrogens is 346 g/mol. The number of hydrogen-bond donors (Lipinski definition) is 3. The first kappa shape index (κ1) is 16.2. The zero-order valence-corrected chi connectivity index (χ0v) is 15.2. The molecule has 5 heteroatoms. The van der Waals surface area contributed by atoms with Gasteiger partial charge in [-0.05, 0) is 48.9 Å². The van der Waals surface area contributed by atoms with E-state index in [0.29, 0.717) is 11.3 Å². The third-order valence-corrected chi connectivity index (χ3v) is 5.12. The van der Waals surface area contributed by atoms with E-state index in [-0.39, 0.29) is 0 Å². The largest absolute Gasteiger partial charge is 0.361 e. The molecular formula is C23H17N5. The van der Waals surface area contributed by atoms with Gasteiger partial charge in [0.15, 0.2) is 0 Å². The van der Waals surface area contributed by atoms with E-state index in [1.54, 1.807) is 6.20 Å². The highest BCUT2D eigenvalue weighted by Gasteiger charge is 2.15. The molecule has 0 amide bonds. The molecule has 0 bridgehead atoms. The first-order valence-electron chi connectivity index (χ1n) is 9.05. The SMILES string of the molecule is Cc1c(Nc2ccnc(-c3cc4ccccc4[nH]3)c2C#N)ccc2[nH]ccc12. The van der Waals surface area contributed by atoms with E-state index in [1.807, 2.05) is 54.7 Å². The number of H-pyrrole nitrogens is 2. The molecule has 0 radical (unpaired) electrons. The van der Waals surface area contributed by atoms with Crippen molar-refractivity contribution in [1.82, 2.24) is 15.0 Å². The van der Waals surface area contributed by atoms with Crippen molar-refractivity contribution in [3.05, 3.63) is 78.1 Å². The van der Waals surface area contributed by atoms with E-state index >= 15 is 0 Å². The molecule has 0 atom stereocenters. The number of aromatic nitrogens is 3. The summed E-state index contributed by atoms with van der Waals surface area (Å²) in [5.74, 6) is 0. The zero-order chi connectivity index (χ0) is 19.1. The maximum absolute atomic E-state index is 9.87. The lowest BCUT2D eigenvalue weighted by molar-refractivity contribution is 1.27. The van der Waals surface area contributed by atoms with E-state index in [9.17, 15) is 5.26 Å². The number of nitriles is 1. The van der Waals surface area contributed by atoms with Crippen LogP contribution in [0.4, 0.5) is 11.4 Å². The van der Waals surface area contributed by atoms with Gasteiger partial charge in [0.1, 0.15) is 17.3 Å². The van der Waals surface area contributed by atoms with Gasteiger partial charge in [-0.2, -0.15) is 5.26 Å². The van der Waals surface area contributed by atoms with Crippen LogP contribution in [0.15, 0.2) is 67.0 Å². The highest BCUT2D eigenvalue weighted by molar-refractivity contribution is 5.90. The van der Waals surface area contributed by atoms with Crippen LogP contribution in [0.3, 0.4) is 0 Å². The van der Waals surface area contributed by atoms with Gasteiger partial charge >= 0.3 is 0 Å². The lowest BCUT2D eigenvalue weighted by Crippen LogP contribution is -1.99. The van der Waals surface area contributed by atoms with Crippen LogP contribution in [-0.2, 0) is 0 Å². The number of nitrogens with zero attached hydrogens (tertiary/aromatic N) is 2. The van der Waals surface area contributed by atoms with Crippen molar-refractivity contribution >= 4 is 33.2 Å². The van der Waals surface area contributed by atoms with E-state index in [0.717, 1.165) is 44.4 Å². The van der Waals surface area contributed by atoms with Gasteiger partial charge in [-0.1, -0.05) is 18.2 Å². The Balaban J connectivity index is 1.61. The molecule has 2 aromatic carbocycles. The lowest BCUT2D eigenvalue weighted by Gasteiger charge is -2.13. The highest BCUT2D eigenvalue weighted by atomic mass is 14.9. The summed E-state index contributed by atoms with van der Waals surface area (Å²) in [6.45, 7) is 2.07. The van der Waals surface area contributed by atoms with Gasteiger partial charge in [-0.3, -0.25) is 4.98 Å². The highest BCUT2D eigenvalue weighted by Crippen LogP contribution is 2.32. The molecule has 5 rings (SSSR count). The second-order valence-electron chi connectivity index (χ2n) is 6.77. The Labute approximate surface area is 161 Å². The van der Waals surface area contributed by atoms with Crippen molar-refractivity contribution in [3.63, 3.8) is 0 Å². The van der Waals surface area contributed by atoms with Crippen LogP contribution in [0.5, 0.6) is 0 Å². The van der Waals surface area contributed by atoms with Gasteiger partial charge in [0.25, 0.3) is 0 Å². The van der Waals surface area contributed by atoms with Crippen LogP contribution in [0.25, 0.3) is 33.2 Å². The normalized spacial score (nSPS) is 11.0. The molecule has 0 aliphatic carbocycles. The van der Waals surface area contributed by atoms with Crippen molar-refractivity contribution in [2.45, 2.75) is 6.92 Å². The summed E-state index contributed by atoms with van der Waals surface area (Å²) in [5.41, 5.74) is 6.95. The van der Waals surface area contributed by atoms with E-state index in [2.05, 4.69) is 39.3 Å². The van der Waals surface area contributed by atoms with Gasteiger partial charge in [0.2, 0.25) is 0 Å². The van der Waals surface area contributed by atoms with Gasteiger partial charge in [-0.15, -0.1) is 0 Å². The zero-order valence-electron chi connectivity index (χ0n) is 15.2. The summed E-state index contributed by atoms with van der Waals surface area (Å²) >= 11 is 0. The maximum Gasteiger partial charge on any atom is 0.106 e. The molecule has 134 valence electrons. The van der Waals surface area contributed by atoms with E-state index in [4.69, 9.17) is 0 Å². The summed E-state index contributed by atoms with van der Waals surface area (Å²) in [7, 11) is 0. The quantitative estimate of drug-likeness (QED) is 0.388. The standard InChI is InChI=1S/C23H17N5/c1-14-16-8-10-25-20(16)7-6-18(14)27-21-9-11-26-23(17(21)13-24)22-12-15-4-2-3-5-19(15)28-22/h2-12,25,28H,1H3,(H,26,27). The van der Waals surface area contributed by atoms with Crippen LogP contribution in [0.2, 0.25) is 0 Å². The van der Waals surface area contributed by atoms with Gasteiger partial charge in [0, 0.05) is 39.9 Å². The van der Waals surface area contributed by atoms with Crippen molar-refractivity contribution in [3.8, 4) is 17.5 Å². The number of hydrogen-bond acceptors (Lipinski definition) is 3. The van der Waals surface area contributed by atoms with Crippen molar-refractivity contribution in [2.75, 3.05) is 5.32 Å². The number of benzene rings is 2. The van der Waals surface area contributed by atoms with Gasteiger partial charge < -0.3 is 15.3 Å². The predicted molar refractivity (Wildman–Crippen MR) is 113 cm³/mol. The predicted octanol–water partition coefficient (Wildman–Crippen LogP) is 5.63. The fourth-order valence-electron chi connectivity index (χ4n) is 3.65. The minimum atomic E-state index is 0.516. The molecule has 0 aliphatic rings. The minimum Gasteiger partial charge on any atom is -0.361 e. The summed E-state index contributed by atoms with van der Waals surface area (Å²) in [6.07, 6.45) is 3.66. The smallest absolute Gasteiger partial charge is 0.106 e. The minimum absolute atomic E-state index is 0.516. The molecule has 0 saturated heterocycles. The third kappa shape index (κ3) is 2.51. The Morgan fingerprint density at radius 2 is 1.89 bits per heavy atom. The van der Waals surface area contributed by atoms with Crippen molar-refractivity contribution < 1.29 is 0 Å². The number of anilines is 2. The molecule has 5 nitrogen and oxygen atoms in total. The van der Waals surface area contributed by atoms with Crippen molar-refractivity contribution in [2.24, 2.45) is 0 Å². The first-order chi connectivity index (χ1) is 13.7. The number of aryl methyl sites for hydroxylation is 1. The third-order valence-electron chi connectivity index (χ3n) is 5.12. The number of nitrogens with one attached hydrogen (secondary N) is 3. The van der Waals surface area contributed by atoms with Crippen LogP contribution < -0.4 is 5.32 Å². The number of fused-ring (bicyclic) bond motifs is 2.